The highest BCUT2D eigenvalue weighted by molar-refractivity contribution is 9.10. The number of halogens is 2. The third kappa shape index (κ3) is 3.60. The van der Waals surface area contributed by atoms with Crippen molar-refractivity contribution >= 4 is 15.9 Å². The van der Waals surface area contributed by atoms with Crippen molar-refractivity contribution in [3.8, 4) is 0 Å². The lowest BCUT2D eigenvalue weighted by atomic mass is 9.80. The Labute approximate surface area is 130 Å². The van der Waals surface area contributed by atoms with Crippen molar-refractivity contribution in [3.05, 3.63) is 34.1 Å². The maximum atomic E-state index is 13.5. The fraction of sp³-hybridized carbons (Fsp3) is 0.625. The molecule has 0 aliphatic rings. The molecule has 1 aromatic rings. The van der Waals surface area contributed by atoms with Crippen LogP contribution in [0.5, 0.6) is 0 Å². The van der Waals surface area contributed by atoms with Crippen molar-refractivity contribution in [3.63, 3.8) is 0 Å². The van der Waals surface area contributed by atoms with Crippen LogP contribution in [0.2, 0.25) is 0 Å². The second-order valence-corrected chi connectivity index (χ2v) is 6.34. The van der Waals surface area contributed by atoms with Crippen LogP contribution in [0.3, 0.4) is 0 Å². The van der Waals surface area contributed by atoms with Gasteiger partial charge in [0.25, 0.3) is 0 Å². The van der Waals surface area contributed by atoms with Gasteiger partial charge < -0.3 is 10.2 Å². The van der Waals surface area contributed by atoms with Crippen LogP contribution in [0.4, 0.5) is 4.39 Å². The topological polar surface area (TPSA) is 15.3 Å². The van der Waals surface area contributed by atoms with E-state index in [1.54, 1.807) is 12.1 Å². The summed E-state index contributed by atoms with van der Waals surface area (Å²) in [6.45, 7) is 4.43. The third-order valence-corrected chi connectivity index (χ3v) is 5.32. The fourth-order valence-corrected chi connectivity index (χ4v) is 3.58. The number of likely N-dealkylation sites (N-methyl/N-ethyl adjacent to an activating group) is 2. The van der Waals surface area contributed by atoms with E-state index in [0.29, 0.717) is 0 Å². The van der Waals surface area contributed by atoms with Gasteiger partial charge in [0.05, 0.1) is 0 Å². The Bertz CT molecular complexity index is 430. The van der Waals surface area contributed by atoms with Crippen LogP contribution in [0.15, 0.2) is 22.7 Å². The van der Waals surface area contributed by atoms with Gasteiger partial charge in [0, 0.05) is 16.1 Å². The molecule has 2 nitrogen and oxygen atoms in total. The monoisotopic (exact) mass is 344 g/mol. The molecule has 0 heterocycles. The van der Waals surface area contributed by atoms with Crippen molar-refractivity contribution in [2.24, 2.45) is 0 Å². The summed E-state index contributed by atoms with van der Waals surface area (Å²) in [5, 5.41) is 3.44. The first-order chi connectivity index (χ1) is 9.41. The second-order valence-electron chi connectivity index (χ2n) is 5.49. The number of rotatable bonds is 7. The van der Waals surface area contributed by atoms with E-state index < -0.39 is 0 Å². The lowest BCUT2D eigenvalue weighted by molar-refractivity contribution is 0.0916. The van der Waals surface area contributed by atoms with Crippen LogP contribution < -0.4 is 5.32 Å². The van der Waals surface area contributed by atoms with Gasteiger partial charge in [-0.3, -0.25) is 0 Å². The Hall–Kier alpha value is -0.450. The SMILES string of the molecule is CCC(CC)(C(Cc1cc(F)ccc1Br)NC)N(C)C. The minimum atomic E-state index is -0.179. The number of benzene rings is 1. The zero-order valence-electron chi connectivity index (χ0n) is 13.1. The van der Waals surface area contributed by atoms with E-state index in [4.69, 9.17) is 0 Å². The molecule has 0 saturated heterocycles. The summed E-state index contributed by atoms with van der Waals surface area (Å²) in [6, 6.07) is 5.17. The Balaban J connectivity index is 3.09. The molecule has 1 unspecified atom stereocenters. The van der Waals surface area contributed by atoms with Crippen molar-refractivity contribution in [2.45, 2.75) is 44.7 Å². The Morgan fingerprint density at radius 1 is 1.30 bits per heavy atom. The van der Waals surface area contributed by atoms with E-state index in [0.717, 1.165) is 29.3 Å². The predicted octanol–water partition coefficient (Wildman–Crippen LogP) is 3.84. The van der Waals surface area contributed by atoms with E-state index in [-0.39, 0.29) is 17.4 Å². The van der Waals surface area contributed by atoms with Gasteiger partial charge in [-0.2, -0.15) is 0 Å². The highest BCUT2D eigenvalue weighted by Crippen LogP contribution is 2.30. The summed E-state index contributed by atoms with van der Waals surface area (Å²) >= 11 is 3.53. The van der Waals surface area contributed by atoms with E-state index in [2.05, 4.69) is 54.1 Å². The largest absolute Gasteiger partial charge is 0.315 e. The summed E-state index contributed by atoms with van der Waals surface area (Å²) in [6.07, 6.45) is 2.90. The van der Waals surface area contributed by atoms with Gasteiger partial charge in [0.1, 0.15) is 5.82 Å². The zero-order chi connectivity index (χ0) is 15.3. The molecule has 0 amide bonds. The molecular weight excluding hydrogens is 319 g/mol. The van der Waals surface area contributed by atoms with E-state index in [9.17, 15) is 4.39 Å². The second kappa shape index (κ2) is 7.53. The Morgan fingerprint density at radius 2 is 1.90 bits per heavy atom. The number of nitrogens with zero attached hydrogens (tertiary/aromatic N) is 1. The molecule has 0 aromatic heterocycles. The number of hydrogen-bond donors (Lipinski definition) is 1. The van der Waals surface area contributed by atoms with Gasteiger partial charge in [0.15, 0.2) is 0 Å². The molecule has 0 aliphatic heterocycles. The summed E-state index contributed by atoms with van der Waals surface area (Å²) in [5.74, 6) is -0.179. The molecule has 1 atom stereocenters. The molecule has 4 heteroatoms. The highest BCUT2D eigenvalue weighted by atomic mass is 79.9. The maximum Gasteiger partial charge on any atom is 0.123 e. The highest BCUT2D eigenvalue weighted by Gasteiger charge is 2.37. The lowest BCUT2D eigenvalue weighted by Crippen LogP contribution is -2.58. The summed E-state index contributed by atoms with van der Waals surface area (Å²) in [5.41, 5.74) is 1.08. The van der Waals surface area contributed by atoms with Crippen molar-refractivity contribution in [1.82, 2.24) is 10.2 Å². The van der Waals surface area contributed by atoms with Gasteiger partial charge >= 0.3 is 0 Å². The zero-order valence-corrected chi connectivity index (χ0v) is 14.7. The quantitative estimate of drug-likeness (QED) is 0.808. The van der Waals surface area contributed by atoms with Gasteiger partial charge in [-0.25, -0.2) is 4.39 Å². The van der Waals surface area contributed by atoms with Crippen LogP contribution in [0.25, 0.3) is 0 Å². The normalized spacial score (nSPS) is 13.8. The Morgan fingerprint density at radius 3 is 2.35 bits per heavy atom. The molecule has 0 saturated carbocycles. The van der Waals surface area contributed by atoms with Crippen LogP contribution in [-0.4, -0.2) is 37.6 Å². The third-order valence-electron chi connectivity index (χ3n) is 4.54. The average molecular weight is 345 g/mol. The first-order valence-electron chi connectivity index (χ1n) is 7.19. The van der Waals surface area contributed by atoms with Crippen LogP contribution >= 0.6 is 15.9 Å². The van der Waals surface area contributed by atoms with Crippen LogP contribution in [0, 0.1) is 5.82 Å². The molecule has 0 aliphatic carbocycles. The lowest BCUT2D eigenvalue weighted by Gasteiger charge is -2.45. The molecule has 1 aromatic carbocycles. The van der Waals surface area contributed by atoms with E-state index in [1.165, 1.54) is 6.07 Å². The first-order valence-corrected chi connectivity index (χ1v) is 7.99. The van der Waals surface area contributed by atoms with Crippen molar-refractivity contribution < 1.29 is 4.39 Å². The smallest absolute Gasteiger partial charge is 0.123 e. The molecule has 114 valence electrons. The number of hydrogen-bond acceptors (Lipinski definition) is 2. The van der Waals surface area contributed by atoms with E-state index >= 15 is 0 Å². The predicted molar refractivity (Wildman–Crippen MR) is 87.7 cm³/mol. The molecular formula is C16H26BrFN2. The summed E-state index contributed by atoms with van der Waals surface area (Å²) in [7, 11) is 6.23. The molecule has 0 bridgehead atoms. The summed E-state index contributed by atoms with van der Waals surface area (Å²) in [4.78, 5) is 2.29. The fourth-order valence-electron chi connectivity index (χ4n) is 3.17. The maximum absolute atomic E-state index is 13.5. The first kappa shape index (κ1) is 17.6. The molecule has 20 heavy (non-hydrogen) atoms. The molecule has 1 rings (SSSR count). The van der Waals surface area contributed by atoms with Crippen molar-refractivity contribution in [2.75, 3.05) is 21.1 Å². The minimum absolute atomic E-state index is 0.0699. The minimum Gasteiger partial charge on any atom is -0.315 e. The number of nitrogens with one attached hydrogen (secondary N) is 1. The van der Waals surface area contributed by atoms with Gasteiger partial charge in [-0.05, 0) is 64.2 Å². The van der Waals surface area contributed by atoms with E-state index in [1.807, 2.05) is 7.05 Å². The van der Waals surface area contributed by atoms with Crippen LogP contribution in [0.1, 0.15) is 32.3 Å². The van der Waals surface area contributed by atoms with Gasteiger partial charge in [-0.1, -0.05) is 29.8 Å². The standard InChI is InChI=1S/C16H26BrFN2/c1-6-16(7-2,20(4)5)15(19-3)11-12-10-13(18)8-9-14(12)17/h8-10,15,19H,6-7,11H2,1-5H3. The van der Waals surface area contributed by atoms with Crippen LogP contribution in [-0.2, 0) is 6.42 Å². The van der Waals surface area contributed by atoms with Gasteiger partial charge in [-0.15, -0.1) is 0 Å². The average Bonchev–Trinajstić information content (AvgIpc) is 2.42. The van der Waals surface area contributed by atoms with Crippen molar-refractivity contribution in [1.29, 1.82) is 0 Å². The molecule has 0 radical (unpaired) electrons. The molecule has 0 spiro atoms. The Kier molecular flexibility index (Phi) is 6.62. The molecule has 0 fully saturated rings. The summed E-state index contributed by atoms with van der Waals surface area (Å²) < 4.78 is 14.4. The van der Waals surface area contributed by atoms with Gasteiger partial charge in [0.2, 0.25) is 0 Å². The molecule has 1 N–H and O–H groups in total.